The van der Waals surface area contributed by atoms with Crippen molar-refractivity contribution in [1.29, 1.82) is 0 Å². The third-order valence-electron chi connectivity index (χ3n) is 5.56. The number of carbonyl (C=O) groups is 1. The highest BCUT2D eigenvalue weighted by atomic mass is 16.5. The van der Waals surface area contributed by atoms with Crippen LogP contribution in [0.5, 0.6) is 0 Å². The van der Waals surface area contributed by atoms with Gasteiger partial charge in [0.15, 0.2) is 0 Å². The molecule has 0 bridgehead atoms. The lowest BCUT2D eigenvalue weighted by molar-refractivity contribution is -0.131. The molecular formula is C19H26N2O3. The summed E-state index contributed by atoms with van der Waals surface area (Å²) >= 11 is 0. The number of hydrogen-bond acceptors (Lipinski definition) is 4. The van der Waals surface area contributed by atoms with E-state index >= 15 is 0 Å². The van der Waals surface area contributed by atoms with Crippen LogP contribution in [0.1, 0.15) is 31.4 Å². The van der Waals surface area contributed by atoms with Crippen LogP contribution in [0.25, 0.3) is 0 Å². The van der Waals surface area contributed by atoms with E-state index in [9.17, 15) is 4.79 Å². The van der Waals surface area contributed by atoms with E-state index in [2.05, 4.69) is 4.98 Å². The summed E-state index contributed by atoms with van der Waals surface area (Å²) in [6, 6.07) is 5.87. The van der Waals surface area contributed by atoms with Gasteiger partial charge in [-0.25, -0.2) is 0 Å². The Morgan fingerprint density at radius 2 is 2.25 bits per heavy atom. The first-order chi connectivity index (χ1) is 11.8. The number of pyridine rings is 1. The molecule has 2 aliphatic heterocycles. The molecule has 1 aromatic heterocycles. The Balaban J connectivity index is 1.20. The van der Waals surface area contributed by atoms with Gasteiger partial charge in [-0.15, -0.1) is 0 Å². The molecule has 0 N–H and O–H groups in total. The average Bonchev–Trinajstić information content (AvgIpc) is 3.18. The quantitative estimate of drug-likeness (QED) is 0.720. The zero-order chi connectivity index (χ0) is 16.4. The van der Waals surface area contributed by atoms with Crippen molar-refractivity contribution in [1.82, 2.24) is 9.88 Å². The molecule has 24 heavy (non-hydrogen) atoms. The minimum atomic E-state index is 0.244. The summed E-state index contributed by atoms with van der Waals surface area (Å²) in [5, 5.41) is 0. The predicted octanol–water partition coefficient (Wildman–Crippen LogP) is 2.26. The van der Waals surface area contributed by atoms with Gasteiger partial charge < -0.3 is 14.4 Å². The van der Waals surface area contributed by atoms with Crippen molar-refractivity contribution in [2.45, 2.75) is 38.4 Å². The molecule has 0 aromatic carbocycles. The SMILES string of the molecule is O=C(CC1CC1)N1C[C@H]2[C@@H](CCOCc3ccccn3)CO[C@H]2C1. The van der Waals surface area contributed by atoms with Crippen molar-refractivity contribution < 1.29 is 14.3 Å². The van der Waals surface area contributed by atoms with E-state index in [0.29, 0.717) is 30.3 Å². The highest BCUT2D eigenvalue weighted by molar-refractivity contribution is 5.77. The first kappa shape index (κ1) is 16.0. The fraction of sp³-hybridized carbons (Fsp3) is 0.684. The van der Waals surface area contributed by atoms with Gasteiger partial charge in [-0.2, -0.15) is 0 Å². The second-order valence-corrected chi connectivity index (χ2v) is 7.40. The van der Waals surface area contributed by atoms with Crippen molar-refractivity contribution in [3.63, 3.8) is 0 Å². The molecule has 3 atom stereocenters. The highest BCUT2D eigenvalue weighted by Crippen LogP contribution is 2.38. The average molecular weight is 330 g/mol. The minimum absolute atomic E-state index is 0.244. The molecule has 3 fully saturated rings. The zero-order valence-electron chi connectivity index (χ0n) is 14.1. The molecular weight excluding hydrogens is 304 g/mol. The summed E-state index contributed by atoms with van der Waals surface area (Å²) in [6.07, 6.45) is 6.25. The molecule has 5 nitrogen and oxygen atoms in total. The topological polar surface area (TPSA) is 51.7 Å². The number of likely N-dealkylation sites (tertiary alicyclic amines) is 1. The molecule has 1 saturated carbocycles. The molecule has 5 heteroatoms. The summed E-state index contributed by atoms with van der Waals surface area (Å²) in [6.45, 7) is 3.77. The van der Waals surface area contributed by atoms with E-state index in [-0.39, 0.29) is 6.10 Å². The lowest BCUT2D eigenvalue weighted by Crippen LogP contribution is -2.31. The number of fused-ring (bicyclic) bond motifs is 1. The largest absolute Gasteiger partial charge is 0.376 e. The van der Waals surface area contributed by atoms with Crippen LogP contribution in [0.15, 0.2) is 24.4 Å². The van der Waals surface area contributed by atoms with Crippen molar-refractivity contribution in [2.75, 3.05) is 26.3 Å². The van der Waals surface area contributed by atoms with E-state index in [1.165, 1.54) is 12.8 Å². The zero-order valence-corrected chi connectivity index (χ0v) is 14.1. The van der Waals surface area contributed by atoms with Crippen LogP contribution in [-0.4, -0.2) is 48.2 Å². The van der Waals surface area contributed by atoms with Gasteiger partial charge in [0.2, 0.25) is 5.91 Å². The summed E-state index contributed by atoms with van der Waals surface area (Å²) in [5.74, 6) is 2.00. The number of aromatic nitrogens is 1. The van der Waals surface area contributed by atoms with Crippen LogP contribution in [-0.2, 0) is 20.9 Å². The Labute approximate surface area is 143 Å². The molecule has 1 aliphatic carbocycles. The van der Waals surface area contributed by atoms with Gasteiger partial charge in [-0.3, -0.25) is 9.78 Å². The maximum Gasteiger partial charge on any atom is 0.222 e. The van der Waals surface area contributed by atoms with Gasteiger partial charge >= 0.3 is 0 Å². The highest BCUT2D eigenvalue weighted by Gasteiger charge is 2.45. The van der Waals surface area contributed by atoms with Crippen molar-refractivity contribution in [2.24, 2.45) is 17.8 Å². The van der Waals surface area contributed by atoms with Crippen molar-refractivity contribution in [3.05, 3.63) is 30.1 Å². The third kappa shape index (κ3) is 3.78. The van der Waals surface area contributed by atoms with Gasteiger partial charge in [0.25, 0.3) is 0 Å². The molecule has 1 amide bonds. The molecule has 0 unspecified atom stereocenters. The van der Waals surface area contributed by atoms with E-state index in [4.69, 9.17) is 9.47 Å². The molecule has 0 spiro atoms. The number of nitrogens with zero attached hydrogens (tertiary/aromatic N) is 2. The van der Waals surface area contributed by atoms with Crippen LogP contribution in [0.4, 0.5) is 0 Å². The standard InChI is InChI=1S/C19H26N2O3/c22-19(9-14-4-5-14)21-10-17-15(12-24-18(17)11-21)6-8-23-13-16-3-1-2-7-20-16/h1-3,7,14-15,17-18H,4-6,8-13H2/t15-,17-,18-/m0/s1. The van der Waals surface area contributed by atoms with Gasteiger partial charge in [0.1, 0.15) is 0 Å². The number of amides is 1. The van der Waals surface area contributed by atoms with Gasteiger partial charge in [-0.05, 0) is 43.2 Å². The first-order valence-electron chi connectivity index (χ1n) is 9.16. The predicted molar refractivity (Wildman–Crippen MR) is 89.2 cm³/mol. The summed E-state index contributed by atoms with van der Waals surface area (Å²) < 4.78 is 11.7. The molecule has 3 heterocycles. The number of rotatable bonds is 7. The van der Waals surface area contributed by atoms with Crippen LogP contribution < -0.4 is 0 Å². The van der Waals surface area contributed by atoms with Crippen LogP contribution in [0, 0.1) is 17.8 Å². The summed E-state index contributed by atoms with van der Waals surface area (Å²) in [4.78, 5) is 18.6. The van der Waals surface area contributed by atoms with Gasteiger partial charge in [-0.1, -0.05) is 6.07 Å². The summed E-state index contributed by atoms with van der Waals surface area (Å²) in [5.41, 5.74) is 0.968. The Kier molecular flexibility index (Phi) is 4.81. The lowest BCUT2D eigenvalue weighted by Gasteiger charge is -2.20. The molecule has 0 radical (unpaired) electrons. The monoisotopic (exact) mass is 330 g/mol. The lowest BCUT2D eigenvalue weighted by atomic mass is 9.91. The molecule has 1 aromatic rings. The fourth-order valence-electron chi connectivity index (χ4n) is 3.89. The Hall–Kier alpha value is -1.46. The molecule has 4 rings (SSSR count). The van der Waals surface area contributed by atoms with E-state index < -0.39 is 0 Å². The second kappa shape index (κ2) is 7.19. The third-order valence-corrected chi connectivity index (χ3v) is 5.56. The van der Waals surface area contributed by atoms with E-state index in [1.807, 2.05) is 23.1 Å². The van der Waals surface area contributed by atoms with Crippen LogP contribution in [0.3, 0.4) is 0 Å². The number of ether oxygens (including phenoxy) is 2. The number of carbonyl (C=O) groups excluding carboxylic acids is 1. The first-order valence-corrected chi connectivity index (χ1v) is 9.16. The molecule has 3 aliphatic rings. The Morgan fingerprint density at radius 1 is 1.33 bits per heavy atom. The van der Waals surface area contributed by atoms with Crippen LogP contribution >= 0.6 is 0 Å². The Bertz CT molecular complexity index is 561. The normalized spacial score (nSPS) is 29.0. The Morgan fingerprint density at radius 3 is 3.04 bits per heavy atom. The second-order valence-electron chi connectivity index (χ2n) is 7.40. The minimum Gasteiger partial charge on any atom is -0.376 e. The molecule has 2 saturated heterocycles. The summed E-state index contributed by atoms with van der Waals surface area (Å²) in [7, 11) is 0. The van der Waals surface area contributed by atoms with Crippen LogP contribution in [0.2, 0.25) is 0 Å². The smallest absolute Gasteiger partial charge is 0.222 e. The number of hydrogen-bond donors (Lipinski definition) is 0. The maximum atomic E-state index is 12.3. The van der Waals surface area contributed by atoms with E-state index in [0.717, 1.165) is 44.8 Å². The van der Waals surface area contributed by atoms with Crippen molar-refractivity contribution >= 4 is 5.91 Å². The maximum absolute atomic E-state index is 12.3. The van der Waals surface area contributed by atoms with Crippen molar-refractivity contribution in [3.8, 4) is 0 Å². The molecule has 130 valence electrons. The fourth-order valence-corrected chi connectivity index (χ4v) is 3.89. The van der Waals surface area contributed by atoms with E-state index in [1.54, 1.807) is 6.20 Å². The van der Waals surface area contributed by atoms with Gasteiger partial charge in [0.05, 0.1) is 25.0 Å². The van der Waals surface area contributed by atoms with Gasteiger partial charge in [0, 0.05) is 38.2 Å².